The average Bonchev–Trinajstić information content (AvgIpc) is 2.86. The van der Waals surface area contributed by atoms with Crippen LogP contribution in [0, 0.1) is 13.8 Å². The van der Waals surface area contributed by atoms with Crippen LogP contribution < -0.4 is 10.2 Å². The van der Waals surface area contributed by atoms with Crippen molar-refractivity contribution in [1.29, 1.82) is 0 Å². The Balaban J connectivity index is 2.08. The van der Waals surface area contributed by atoms with Crippen molar-refractivity contribution in [3.05, 3.63) is 40.1 Å². The maximum Gasteiger partial charge on any atom is 0.244 e. The third kappa shape index (κ3) is 3.94. The Morgan fingerprint density at radius 1 is 1.32 bits per heavy atom. The lowest BCUT2D eigenvalue weighted by atomic mass is 10.2. The molecule has 7 heteroatoms. The molecular weight excluding hydrogens is 350 g/mol. The average molecular weight is 366 g/mol. The van der Waals surface area contributed by atoms with Gasteiger partial charge in [-0.3, -0.25) is 14.5 Å². The first-order valence-electron chi connectivity index (χ1n) is 6.64. The molecule has 0 atom stereocenters. The number of nitrogens with zero attached hydrogens (tertiary/aromatic N) is 2. The Labute approximate surface area is 136 Å². The quantitative estimate of drug-likeness (QED) is 0.903. The third-order valence-corrected chi connectivity index (χ3v) is 3.88. The van der Waals surface area contributed by atoms with Crippen LogP contribution in [0.3, 0.4) is 0 Å². The number of benzene rings is 1. The highest BCUT2D eigenvalue weighted by Crippen LogP contribution is 2.21. The second-order valence-corrected chi connectivity index (χ2v) is 5.77. The maximum absolute atomic E-state index is 12.1. The Morgan fingerprint density at radius 2 is 2.05 bits per heavy atom. The predicted octanol–water partition coefficient (Wildman–Crippen LogP) is 3.05. The van der Waals surface area contributed by atoms with Crippen LogP contribution >= 0.6 is 15.9 Å². The van der Waals surface area contributed by atoms with Crippen LogP contribution in [-0.4, -0.2) is 23.5 Å². The fourth-order valence-corrected chi connectivity index (χ4v) is 2.23. The number of halogens is 1. The van der Waals surface area contributed by atoms with Crippen molar-refractivity contribution in [2.75, 3.05) is 16.8 Å². The minimum Gasteiger partial charge on any atom is -0.360 e. The van der Waals surface area contributed by atoms with Crippen molar-refractivity contribution < 1.29 is 14.1 Å². The largest absolute Gasteiger partial charge is 0.360 e. The first-order chi connectivity index (χ1) is 10.4. The second kappa shape index (κ2) is 6.74. The number of nitrogens with one attached hydrogen (secondary N) is 1. The number of hydrogen-bond donors (Lipinski definition) is 1. The highest BCUT2D eigenvalue weighted by atomic mass is 79.9. The molecule has 0 fully saturated rings. The number of anilines is 2. The van der Waals surface area contributed by atoms with Gasteiger partial charge in [0.1, 0.15) is 12.3 Å². The summed E-state index contributed by atoms with van der Waals surface area (Å²) in [6, 6.07) is 7.11. The van der Waals surface area contributed by atoms with Gasteiger partial charge >= 0.3 is 0 Å². The van der Waals surface area contributed by atoms with Gasteiger partial charge in [0.15, 0.2) is 5.82 Å². The van der Waals surface area contributed by atoms with Crippen LogP contribution in [0.25, 0.3) is 0 Å². The van der Waals surface area contributed by atoms with Crippen LogP contribution in [0.5, 0.6) is 0 Å². The zero-order valence-electron chi connectivity index (χ0n) is 12.5. The molecule has 2 aromatic rings. The van der Waals surface area contributed by atoms with Gasteiger partial charge in [-0.2, -0.15) is 0 Å². The number of aryl methyl sites for hydroxylation is 2. The van der Waals surface area contributed by atoms with Crippen LogP contribution in [0.4, 0.5) is 11.5 Å². The summed E-state index contributed by atoms with van der Waals surface area (Å²) in [4.78, 5) is 25.1. The zero-order valence-corrected chi connectivity index (χ0v) is 14.1. The third-order valence-electron chi connectivity index (χ3n) is 3.03. The van der Waals surface area contributed by atoms with Crippen molar-refractivity contribution in [3.63, 3.8) is 0 Å². The molecule has 0 unspecified atom stereocenters. The number of rotatable bonds is 4. The lowest BCUT2D eigenvalue weighted by Crippen LogP contribution is -2.36. The van der Waals surface area contributed by atoms with Crippen LogP contribution in [0.2, 0.25) is 0 Å². The molecule has 22 heavy (non-hydrogen) atoms. The summed E-state index contributed by atoms with van der Waals surface area (Å²) in [6.45, 7) is 4.92. The molecule has 116 valence electrons. The molecule has 1 aromatic carbocycles. The van der Waals surface area contributed by atoms with Crippen molar-refractivity contribution >= 4 is 39.2 Å². The molecule has 0 aliphatic heterocycles. The molecule has 2 rings (SSSR count). The summed E-state index contributed by atoms with van der Waals surface area (Å²) in [5, 5.41) is 6.52. The van der Waals surface area contributed by atoms with E-state index in [-0.39, 0.29) is 18.4 Å². The molecule has 2 amide bonds. The number of aromatic nitrogens is 1. The second-order valence-electron chi connectivity index (χ2n) is 4.91. The van der Waals surface area contributed by atoms with E-state index in [0.717, 1.165) is 10.0 Å². The highest BCUT2D eigenvalue weighted by Gasteiger charge is 2.19. The summed E-state index contributed by atoms with van der Waals surface area (Å²) < 4.78 is 5.85. The van der Waals surface area contributed by atoms with Crippen LogP contribution in [0.1, 0.15) is 18.2 Å². The Kier molecular flexibility index (Phi) is 4.97. The lowest BCUT2D eigenvalue weighted by molar-refractivity contribution is -0.120. The molecular formula is C15H16BrN3O3. The topological polar surface area (TPSA) is 75.4 Å². The summed E-state index contributed by atoms with van der Waals surface area (Å²) in [5.41, 5.74) is 1.73. The van der Waals surface area contributed by atoms with Gasteiger partial charge in [0.25, 0.3) is 0 Å². The fraction of sp³-hybridized carbons (Fsp3) is 0.267. The SMILES string of the molecule is CC(=O)N(CC(=O)Nc1ccc(C)c(Br)c1)c1cc(C)on1. The Morgan fingerprint density at radius 3 is 2.59 bits per heavy atom. The van der Waals surface area contributed by atoms with E-state index in [1.54, 1.807) is 19.1 Å². The highest BCUT2D eigenvalue weighted by molar-refractivity contribution is 9.10. The first kappa shape index (κ1) is 16.2. The standard InChI is InChI=1S/C15H16BrN3O3/c1-9-4-5-12(7-13(9)16)17-15(21)8-19(11(3)20)14-6-10(2)22-18-14/h4-7H,8H2,1-3H3,(H,17,21). The maximum atomic E-state index is 12.1. The molecule has 0 spiro atoms. The van der Waals surface area contributed by atoms with E-state index in [1.165, 1.54) is 11.8 Å². The Hall–Kier alpha value is -2.15. The molecule has 1 N–H and O–H groups in total. The van der Waals surface area contributed by atoms with E-state index in [1.807, 2.05) is 19.1 Å². The van der Waals surface area contributed by atoms with Gasteiger partial charge in [0.2, 0.25) is 11.8 Å². The summed E-state index contributed by atoms with van der Waals surface area (Å²) in [6.07, 6.45) is 0. The minimum atomic E-state index is -0.313. The predicted molar refractivity (Wildman–Crippen MR) is 86.8 cm³/mol. The van der Waals surface area contributed by atoms with Crippen LogP contribution in [-0.2, 0) is 9.59 Å². The molecule has 6 nitrogen and oxygen atoms in total. The van der Waals surface area contributed by atoms with Gasteiger partial charge in [-0.15, -0.1) is 0 Å². The zero-order chi connectivity index (χ0) is 16.3. The van der Waals surface area contributed by atoms with Gasteiger partial charge in [-0.25, -0.2) is 0 Å². The molecule has 1 heterocycles. The van der Waals surface area contributed by atoms with E-state index in [2.05, 4.69) is 26.4 Å². The van der Waals surface area contributed by atoms with Gasteiger partial charge < -0.3 is 9.84 Å². The smallest absolute Gasteiger partial charge is 0.244 e. The number of carbonyl (C=O) groups excluding carboxylic acids is 2. The first-order valence-corrected chi connectivity index (χ1v) is 7.43. The summed E-state index contributed by atoms with van der Waals surface area (Å²) >= 11 is 3.41. The van der Waals surface area contributed by atoms with E-state index in [0.29, 0.717) is 17.3 Å². The monoisotopic (exact) mass is 365 g/mol. The van der Waals surface area contributed by atoms with Crippen LogP contribution in [0.15, 0.2) is 33.3 Å². The van der Waals surface area contributed by atoms with Gasteiger partial charge in [0, 0.05) is 23.2 Å². The lowest BCUT2D eigenvalue weighted by Gasteiger charge is -2.17. The molecule has 0 saturated heterocycles. The summed E-state index contributed by atoms with van der Waals surface area (Å²) in [7, 11) is 0. The van der Waals surface area contributed by atoms with E-state index in [4.69, 9.17) is 4.52 Å². The van der Waals surface area contributed by atoms with Gasteiger partial charge in [-0.1, -0.05) is 27.2 Å². The number of hydrogen-bond acceptors (Lipinski definition) is 4. The van der Waals surface area contributed by atoms with E-state index in [9.17, 15) is 9.59 Å². The number of amides is 2. The van der Waals surface area contributed by atoms with Gasteiger partial charge in [-0.05, 0) is 31.5 Å². The molecule has 0 saturated carbocycles. The van der Waals surface area contributed by atoms with E-state index >= 15 is 0 Å². The normalized spacial score (nSPS) is 10.4. The van der Waals surface area contributed by atoms with Crippen molar-refractivity contribution in [2.24, 2.45) is 0 Å². The Bertz CT molecular complexity index is 712. The van der Waals surface area contributed by atoms with Crippen molar-refractivity contribution in [1.82, 2.24) is 5.16 Å². The van der Waals surface area contributed by atoms with Gasteiger partial charge in [0.05, 0.1) is 0 Å². The minimum absolute atomic E-state index is 0.132. The fourth-order valence-electron chi connectivity index (χ4n) is 1.85. The molecule has 0 aliphatic rings. The van der Waals surface area contributed by atoms with Crippen molar-refractivity contribution in [2.45, 2.75) is 20.8 Å². The molecule has 0 aliphatic carbocycles. The number of carbonyl (C=O) groups is 2. The molecule has 0 radical (unpaired) electrons. The van der Waals surface area contributed by atoms with Crippen molar-refractivity contribution in [3.8, 4) is 0 Å². The summed E-state index contributed by atoms with van der Waals surface area (Å²) in [5.74, 6) is 0.300. The molecule has 1 aromatic heterocycles. The van der Waals surface area contributed by atoms with E-state index < -0.39 is 0 Å². The molecule has 0 bridgehead atoms.